The molecule has 4 heteroatoms. The van der Waals surface area contributed by atoms with Crippen molar-refractivity contribution in [2.75, 3.05) is 20.0 Å². The maximum atomic E-state index is 11.4. The van der Waals surface area contributed by atoms with Crippen LogP contribution in [-0.2, 0) is 19.0 Å². The van der Waals surface area contributed by atoms with Crippen molar-refractivity contribution in [2.24, 2.45) is 0 Å². The highest BCUT2D eigenvalue weighted by molar-refractivity contribution is 5.87. The third-order valence-electron chi connectivity index (χ3n) is 2.53. The second kappa shape index (κ2) is 5.82. The quantitative estimate of drug-likeness (QED) is 0.158. The van der Waals surface area contributed by atoms with Crippen molar-refractivity contribution in [1.82, 2.24) is 0 Å². The summed E-state index contributed by atoms with van der Waals surface area (Å²) in [5, 5.41) is 0. The molecule has 1 saturated heterocycles. The molecular weight excluding hydrogens is 208 g/mol. The van der Waals surface area contributed by atoms with Gasteiger partial charge in [-0.3, -0.25) is 0 Å². The lowest BCUT2D eigenvalue weighted by Crippen LogP contribution is -2.17. The molecule has 0 radical (unpaired) electrons. The number of esters is 1. The molecule has 16 heavy (non-hydrogen) atoms. The fraction of sp³-hybridized carbons (Fsp3) is 0.583. The highest BCUT2D eigenvalue weighted by atomic mass is 16.7. The molecule has 0 aromatic heterocycles. The summed E-state index contributed by atoms with van der Waals surface area (Å²) in [6, 6.07) is 0. The van der Waals surface area contributed by atoms with Crippen molar-refractivity contribution >= 4 is 5.97 Å². The van der Waals surface area contributed by atoms with Crippen molar-refractivity contribution < 1.29 is 19.0 Å². The molecule has 0 amide bonds. The van der Waals surface area contributed by atoms with Crippen LogP contribution in [0.15, 0.2) is 24.8 Å². The predicted octanol–water partition coefficient (Wildman–Crippen LogP) is 1.81. The number of ether oxygens (including phenoxy) is 3. The Morgan fingerprint density at radius 3 is 2.81 bits per heavy atom. The molecule has 1 aliphatic rings. The van der Waals surface area contributed by atoms with Crippen LogP contribution in [-0.4, -0.2) is 31.6 Å². The smallest absolute Gasteiger partial charge is 0.335 e. The van der Waals surface area contributed by atoms with Gasteiger partial charge in [-0.2, -0.15) is 0 Å². The van der Waals surface area contributed by atoms with E-state index in [0.29, 0.717) is 25.2 Å². The second-order valence-electron chi connectivity index (χ2n) is 3.81. The molecule has 90 valence electrons. The standard InChI is InChI=1S/C12H18O4/c1-4-6-14-9-15-11(13)10(3)7-12(5-2)8-16-12/h4H,1,3,5-9H2,2H3. The normalized spacial score (nSPS) is 22.6. The fourth-order valence-electron chi connectivity index (χ4n) is 1.32. The highest BCUT2D eigenvalue weighted by Gasteiger charge is 2.43. The van der Waals surface area contributed by atoms with Crippen molar-refractivity contribution in [3.8, 4) is 0 Å². The predicted molar refractivity (Wildman–Crippen MR) is 59.8 cm³/mol. The van der Waals surface area contributed by atoms with E-state index in [2.05, 4.69) is 13.2 Å². The molecule has 1 aliphatic heterocycles. The van der Waals surface area contributed by atoms with E-state index in [1.54, 1.807) is 6.08 Å². The van der Waals surface area contributed by atoms with Crippen LogP contribution in [0.4, 0.5) is 0 Å². The lowest BCUT2D eigenvalue weighted by Gasteiger charge is -2.10. The number of carbonyl (C=O) groups is 1. The van der Waals surface area contributed by atoms with E-state index in [4.69, 9.17) is 14.2 Å². The first-order valence-corrected chi connectivity index (χ1v) is 5.31. The summed E-state index contributed by atoms with van der Waals surface area (Å²) in [5.41, 5.74) is 0.263. The second-order valence-corrected chi connectivity index (χ2v) is 3.81. The lowest BCUT2D eigenvalue weighted by molar-refractivity contribution is -0.150. The zero-order valence-electron chi connectivity index (χ0n) is 9.66. The zero-order valence-corrected chi connectivity index (χ0v) is 9.66. The third-order valence-corrected chi connectivity index (χ3v) is 2.53. The summed E-state index contributed by atoms with van der Waals surface area (Å²) in [7, 11) is 0. The Hall–Kier alpha value is -1.13. The van der Waals surface area contributed by atoms with Gasteiger partial charge in [0.05, 0.1) is 18.8 Å². The van der Waals surface area contributed by atoms with Gasteiger partial charge in [0.15, 0.2) is 6.79 Å². The first kappa shape index (κ1) is 12.9. The van der Waals surface area contributed by atoms with Crippen LogP contribution in [0.5, 0.6) is 0 Å². The van der Waals surface area contributed by atoms with Gasteiger partial charge in [-0.05, 0) is 6.42 Å². The van der Waals surface area contributed by atoms with Gasteiger partial charge >= 0.3 is 5.97 Å². The molecule has 0 spiro atoms. The van der Waals surface area contributed by atoms with E-state index in [1.165, 1.54) is 0 Å². The molecule has 1 unspecified atom stereocenters. The van der Waals surface area contributed by atoms with Crippen LogP contribution < -0.4 is 0 Å². The minimum absolute atomic E-state index is 0.0656. The number of hydrogen-bond donors (Lipinski definition) is 0. The summed E-state index contributed by atoms with van der Waals surface area (Å²) in [6.45, 7) is 10.2. The van der Waals surface area contributed by atoms with Gasteiger partial charge in [0, 0.05) is 12.0 Å². The average molecular weight is 226 g/mol. The molecule has 1 rings (SSSR count). The summed E-state index contributed by atoms with van der Waals surface area (Å²) < 4.78 is 15.1. The SMILES string of the molecule is C=CCOCOC(=O)C(=C)CC1(CC)CO1. The molecule has 0 aromatic rings. The van der Waals surface area contributed by atoms with Gasteiger partial charge in [-0.1, -0.05) is 19.6 Å². The molecule has 0 saturated carbocycles. The minimum atomic E-state index is -0.424. The Morgan fingerprint density at radius 2 is 2.31 bits per heavy atom. The largest absolute Gasteiger partial charge is 0.435 e. The summed E-state index contributed by atoms with van der Waals surface area (Å²) in [4.78, 5) is 11.4. The molecule has 4 nitrogen and oxygen atoms in total. The van der Waals surface area contributed by atoms with Crippen LogP contribution in [0.25, 0.3) is 0 Å². The Balaban J connectivity index is 2.20. The van der Waals surface area contributed by atoms with Crippen LogP contribution in [0.2, 0.25) is 0 Å². The zero-order chi connectivity index (χ0) is 12.0. The number of carbonyl (C=O) groups excluding carboxylic acids is 1. The Bertz CT molecular complexity index is 279. The van der Waals surface area contributed by atoms with Gasteiger partial charge in [-0.15, -0.1) is 6.58 Å². The molecule has 1 atom stereocenters. The molecule has 1 fully saturated rings. The number of rotatable bonds is 8. The van der Waals surface area contributed by atoms with E-state index >= 15 is 0 Å². The van der Waals surface area contributed by atoms with Gasteiger partial charge < -0.3 is 14.2 Å². The van der Waals surface area contributed by atoms with E-state index in [9.17, 15) is 4.79 Å². The maximum absolute atomic E-state index is 11.4. The first-order valence-electron chi connectivity index (χ1n) is 5.31. The van der Waals surface area contributed by atoms with Gasteiger partial charge in [-0.25, -0.2) is 4.79 Å². The van der Waals surface area contributed by atoms with Crippen LogP contribution >= 0.6 is 0 Å². The van der Waals surface area contributed by atoms with Crippen LogP contribution in [0.1, 0.15) is 19.8 Å². The van der Waals surface area contributed by atoms with Crippen LogP contribution in [0, 0.1) is 0 Å². The molecular formula is C12H18O4. The Kier molecular flexibility index (Phi) is 4.71. The van der Waals surface area contributed by atoms with Crippen molar-refractivity contribution in [3.63, 3.8) is 0 Å². The molecule has 1 heterocycles. The van der Waals surface area contributed by atoms with Gasteiger partial charge in [0.2, 0.25) is 0 Å². The summed E-state index contributed by atoms with van der Waals surface area (Å²) in [5.74, 6) is -0.424. The third kappa shape index (κ3) is 3.79. The molecule has 0 N–H and O–H groups in total. The van der Waals surface area contributed by atoms with Crippen LogP contribution in [0.3, 0.4) is 0 Å². The highest BCUT2D eigenvalue weighted by Crippen LogP contribution is 2.36. The number of epoxide rings is 1. The molecule has 0 bridgehead atoms. The van der Waals surface area contributed by atoms with E-state index in [0.717, 1.165) is 6.42 Å². The van der Waals surface area contributed by atoms with Gasteiger partial charge in [0.25, 0.3) is 0 Å². The van der Waals surface area contributed by atoms with Crippen molar-refractivity contribution in [2.45, 2.75) is 25.4 Å². The van der Waals surface area contributed by atoms with E-state index in [1.807, 2.05) is 6.92 Å². The monoisotopic (exact) mass is 226 g/mol. The molecule has 0 aliphatic carbocycles. The molecule has 0 aromatic carbocycles. The summed E-state index contributed by atoms with van der Waals surface area (Å²) in [6.07, 6.45) is 3.00. The van der Waals surface area contributed by atoms with Crippen molar-refractivity contribution in [1.29, 1.82) is 0 Å². The van der Waals surface area contributed by atoms with E-state index in [-0.39, 0.29) is 12.4 Å². The first-order chi connectivity index (χ1) is 7.63. The average Bonchev–Trinajstić information content (AvgIpc) is 3.04. The topological polar surface area (TPSA) is 48.1 Å². The maximum Gasteiger partial charge on any atom is 0.335 e. The van der Waals surface area contributed by atoms with Crippen molar-refractivity contribution in [3.05, 3.63) is 24.8 Å². The van der Waals surface area contributed by atoms with E-state index < -0.39 is 5.97 Å². The van der Waals surface area contributed by atoms with Gasteiger partial charge in [0.1, 0.15) is 0 Å². The lowest BCUT2D eigenvalue weighted by atomic mass is 9.99. The summed E-state index contributed by atoms with van der Waals surface area (Å²) >= 11 is 0. The Labute approximate surface area is 95.9 Å². The minimum Gasteiger partial charge on any atom is -0.435 e. The number of hydrogen-bond acceptors (Lipinski definition) is 4. The Morgan fingerprint density at radius 1 is 1.62 bits per heavy atom. The fourth-order valence-corrected chi connectivity index (χ4v) is 1.32.